The lowest BCUT2D eigenvalue weighted by atomic mass is 9.74. The number of pyridine rings is 1. The van der Waals surface area contributed by atoms with E-state index in [1.54, 1.807) is 17.3 Å². The van der Waals surface area contributed by atoms with Crippen LogP contribution in [0.2, 0.25) is 0 Å². The van der Waals surface area contributed by atoms with Gasteiger partial charge in [0, 0.05) is 37.6 Å². The van der Waals surface area contributed by atoms with Crippen LogP contribution in [0.1, 0.15) is 60.0 Å². The predicted octanol–water partition coefficient (Wildman–Crippen LogP) is 2.95. The fourth-order valence-corrected chi connectivity index (χ4v) is 5.39. The van der Waals surface area contributed by atoms with E-state index in [0.29, 0.717) is 37.9 Å². The number of nitrogens with zero attached hydrogens (tertiary/aromatic N) is 3. The molecule has 3 heterocycles. The van der Waals surface area contributed by atoms with Crippen molar-refractivity contribution >= 4 is 11.9 Å². The highest BCUT2D eigenvalue weighted by Crippen LogP contribution is 2.38. The van der Waals surface area contributed by atoms with E-state index in [4.69, 9.17) is 4.74 Å². The second-order valence-electron chi connectivity index (χ2n) is 10.6. The molecule has 2 saturated heterocycles. The van der Waals surface area contributed by atoms with E-state index in [2.05, 4.69) is 9.88 Å². The summed E-state index contributed by atoms with van der Waals surface area (Å²) in [6, 6.07) is 11.5. The molecule has 0 radical (unpaired) electrons. The average Bonchev–Trinajstić information content (AvgIpc) is 2.92. The zero-order valence-electron chi connectivity index (χ0n) is 21.7. The van der Waals surface area contributed by atoms with Crippen LogP contribution < -0.4 is 0 Å². The van der Waals surface area contributed by atoms with Crippen molar-refractivity contribution in [2.75, 3.05) is 32.8 Å². The second kappa shape index (κ2) is 12.6. The van der Waals surface area contributed by atoms with Crippen molar-refractivity contribution in [3.63, 3.8) is 0 Å². The molecule has 2 atom stereocenters. The van der Waals surface area contributed by atoms with Gasteiger partial charge in [0.1, 0.15) is 12.7 Å². The van der Waals surface area contributed by atoms with Crippen molar-refractivity contribution < 1.29 is 24.5 Å². The van der Waals surface area contributed by atoms with Gasteiger partial charge in [-0.3, -0.25) is 19.5 Å². The molecule has 0 aliphatic carbocycles. The number of amides is 1. The first-order valence-electron chi connectivity index (χ1n) is 13.4. The van der Waals surface area contributed by atoms with Gasteiger partial charge in [0.15, 0.2) is 0 Å². The van der Waals surface area contributed by atoms with Gasteiger partial charge < -0.3 is 19.8 Å². The Morgan fingerprint density at radius 3 is 2.51 bits per heavy atom. The maximum atomic E-state index is 13.3. The fourth-order valence-electron chi connectivity index (χ4n) is 5.39. The van der Waals surface area contributed by atoms with Gasteiger partial charge in [-0.15, -0.1) is 0 Å². The van der Waals surface area contributed by atoms with Crippen molar-refractivity contribution in [3.8, 4) is 0 Å². The molecule has 0 saturated carbocycles. The van der Waals surface area contributed by atoms with Crippen molar-refractivity contribution in [2.45, 2.75) is 64.2 Å². The van der Waals surface area contributed by atoms with Gasteiger partial charge in [-0.05, 0) is 81.9 Å². The number of carbonyl (C=O) groups is 2. The summed E-state index contributed by atoms with van der Waals surface area (Å²) in [6.45, 7) is 4.95. The van der Waals surface area contributed by atoms with Gasteiger partial charge in [-0.2, -0.15) is 0 Å². The van der Waals surface area contributed by atoms with Gasteiger partial charge in [0.25, 0.3) is 5.91 Å². The number of aryl methyl sites for hydroxylation is 1. The largest absolute Gasteiger partial charge is 0.462 e. The molecule has 2 N–H and O–H groups in total. The Balaban J connectivity index is 1.43. The van der Waals surface area contributed by atoms with Crippen LogP contribution in [0.4, 0.5) is 0 Å². The van der Waals surface area contributed by atoms with Gasteiger partial charge in [-0.25, -0.2) is 0 Å². The number of benzene rings is 1. The van der Waals surface area contributed by atoms with E-state index in [1.165, 1.54) is 5.56 Å². The van der Waals surface area contributed by atoms with E-state index >= 15 is 0 Å². The molecule has 1 amide bonds. The lowest BCUT2D eigenvalue weighted by molar-refractivity contribution is -0.165. The standard InChI is InChI=1S/C29H39N3O5/c1-22-5-4-6-24(19-22)27(35)32-15-3-2-10-29(28(36)37-21-26(34)25(33)9-16-32)11-17-31(18-12-29)20-23-7-13-30-14-8-23/h4-8,13-14,19,25-26,33-34H,2-3,9-12,15-18,20-21H2,1H3/t25-,26+/m0/s1. The molecule has 8 nitrogen and oxygen atoms in total. The summed E-state index contributed by atoms with van der Waals surface area (Å²) in [5.74, 6) is -0.360. The third-order valence-corrected chi connectivity index (χ3v) is 7.81. The Bertz CT molecular complexity index is 1040. The number of ether oxygens (including phenoxy) is 1. The lowest BCUT2D eigenvalue weighted by Gasteiger charge is -2.40. The number of hydrogen-bond acceptors (Lipinski definition) is 7. The molecular formula is C29H39N3O5. The summed E-state index contributed by atoms with van der Waals surface area (Å²) in [5, 5.41) is 21.0. The first-order valence-corrected chi connectivity index (χ1v) is 13.4. The van der Waals surface area contributed by atoms with Gasteiger partial charge in [-0.1, -0.05) is 24.1 Å². The van der Waals surface area contributed by atoms with E-state index < -0.39 is 17.6 Å². The average molecular weight is 510 g/mol. The molecule has 2 fully saturated rings. The zero-order chi connectivity index (χ0) is 26.3. The molecule has 1 aromatic heterocycles. The van der Waals surface area contributed by atoms with Gasteiger partial charge in [0.05, 0.1) is 11.5 Å². The first-order chi connectivity index (χ1) is 17.9. The molecule has 2 aliphatic rings. The highest BCUT2D eigenvalue weighted by atomic mass is 16.5. The minimum Gasteiger partial charge on any atom is -0.462 e. The van der Waals surface area contributed by atoms with E-state index in [-0.39, 0.29) is 24.9 Å². The number of hydrogen-bond donors (Lipinski definition) is 2. The Hall–Kier alpha value is -2.81. The van der Waals surface area contributed by atoms with Crippen LogP contribution in [0.15, 0.2) is 48.8 Å². The number of carbonyl (C=O) groups excluding carboxylic acids is 2. The summed E-state index contributed by atoms with van der Waals surface area (Å²) in [4.78, 5) is 34.7. The number of aliphatic hydroxyl groups is 2. The molecule has 8 heteroatoms. The van der Waals surface area contributed by atoms with Crippen molar-refractivity contribution in [3.05, 3.63) is 65.5 Å². The Labute approximate surface area is 219 Å². The van der Waals surface area contributed by atoms with Crippen LogP contribution >= 0.6 is 0 Å². The Kier molecular flexibility index (Phi) is 9.29. The number of piperidine rings is 1. The number of cyclic esters (lactones) is 1. The number of aliphatic hydroxyl groups excluding tert-OH is 2. The smallest absolute Gasteiger partial charge is 0.312 e. The molecule has 1 spiro atoms. The molecule has 2 aliphatic heterocycles. The fraction of sp³-hybridized carbons (Fsp3) is 0.552. The predicted molar refractivity (Wildman–Crippen MR) is 140 cm³/mol. The molecule has 0 unspecified atom stereocenters. The second-order valence-corrected chi connectivity index (χ2v) is 10.6. The highest BCUT2D eigenvalue weighted by molar-refractivity contribution is 5.94. The third kappa shape index (κ3) is 7.15. The van der Waals surface area contributed by atoms with E-state index in [0.717, 1.165) is 38.0 Å². The molecule has 4 rings (SSSR count). The molecular weight excluding hydrogens is 470 g/mol. The topological polar surface area (TPSA) is 103 Å². The first kappa shape index (κ1) is 27.2. The summed E-state index contributed by atoms with van der Waals surface area (Å²) in [7, 11) is 0. The minimum absolute atomic E-state index is 0.0771. The minimum atomic E-state index is -1.19. The number of esters is 1. The third-order valence-electron chi connectivity index (χ3n) is 7.81. The number of aromatic nitrogens is 1. The maximum absolute atomic E-state index is 13.3. The SMILES string of the molecule is Cc1cccc(C(=O)N2CCCCC3(CCN(Cc4ccncc4)CC3)C(=O)OC[C@@H](O)[C@@H](O)CC2)c1. The van der Waals surface area contributed by atoms with E-state index in [1.807, 2.05) is 43.3 Å². The molecule has 0 bridgehead atoms. The van der Waals surface area contributed by atoms with Crippen molar-refractivity contribution in [2.24, 2.45) is 5.41 Å². The van der Waals surface area contributed by atoms with Crippen molar-refractivity contribution in [1.82, 2.24) is 14.8 Å². The van der Waals surface area contributed by atoms with Gasteiger partial charge in [0.2, 0.25) is 0 Å². The van der Waals surface area contributed by atoms with Crippen LogP contribution in [0.3, 0.4) is 0 Å². The summed E-state index contributed by atoms with van der Waals surface area (Å²) >= 11 is 0. The molecule has 200 valence electrons. The lowest BCUT2D eigenvalue weighted by Crippen LogP contribution is -2.45. The van der Waals surface area contributed by atoms with Gasteiger partial charge >= 0.3 is 5.97 Å². The number of rotatable bonds is 3. The summed E-state index contributed by atoms with van der Waals surface area (Å²) in [5.41, 5.74) is 2.22. The molecule has 37 heavy (non-hydrogen) atoms. The molecule has 2 aromatic rings. The Morgan fingerprint density at radius 2 is 1.78 bits per heavy atom. The van der Waals surface area contributed by atoms with Crippen molar-refractivity contribution in [1.29, 1.82) is 0 Å². The maximum Gasteiger partial charge on any atom is 0.312 e. The molecule has 1 aromatic carbocycles. The number of likely N-dealkylation sites (tertiary alicyclic amines) is 1. The van der Waals surface area contributed by atoms with Crippen LogP contribution in [0, 0.1) is 12.3 Å². The van der Waals surface area contributed by atoms with Crippen LogP contribution in [-0.4, -0.2) is 81.9 Å². The van der Waals surface area contributed by atoms with Crippen LogP contribution in [0.25, 0.3) is 0 Å². The highest BCUT2D eigenvalue weighted by Gasteiger charge is 2.42. The monoisotopic (exact) mass is 509 g/mol. The summed E-state index contributed by atoms with van der Waals surface area (Å²) < 4.78 is 5.59. The quantitative estimate of drug-likeness (QED) is 0.613. The zero-order valence-corrected chi connectivity index (χ0v) is 21.7. The van der Waals surface area contributed by atoms with Crippen LogP contribution in [-0.2, 0) is 16.1 Å². The van der Waals surface area contributed by atoms with Crippen LogP contribution in [0.5, 0.6) is 0 Å². The van der Waals surface area contributed by atoms with E-state index in [9.17, 15) is 19.8 Å². The summed E-state index contributed by atoms with van der Waals surface area (Å²) in [6.07, 6.45) is 5.12. The normalized spacial score (nSPS) is 24.0. The Morgan fingerprint density at radius 1 is 1.03 bits per heavy atom.